The Bertz CT molecular complexity index is 893. The predicted molar refractivity (Wildman–Crippen MR) is 86.5 cm³/mol. The van der Waals surface area contributed by atoms with Gasteiger partial charge in [0.1, 0.15) is 0 Å². The van der Waals surface area contributed by atoms with Gasteiger partial charge in [0.25, 0.3) is 0 Å². The highest BCUT2D eigenvalue weighted by atomic mass is 16.5. The fourth-order valence-corrected chi connectivity index (χ4v) is 2.87. The molecule has 0 saturated carbocycles. The van der Waals surface area contributed by atoms with Crippen LogP contribution in [-0.4, -0.2) is 44.4 Å². The van der Waals surface area contributed by atoms with Crippen LogP contribution in [0.15, 0.2) is 34.9 Å². The molecule has 1 aliphatic heterocycles. The second kappa shape index (κ2) is 5.88. The lowest BCUT2D eigenvalue weighted by Crippen LogP contribution is -2.33. The van der Waals surface area contributed by atoms with E-state index in [1.54, 1.807) is 11.8 Å². The second-order valence-electron chi connectivity index (χ2n) is 5.82. The van der Waals surface area contributed by atoms with Gasteiger partial charge in [-0.2, -0.15) is 4.98 Å². The van der Waals surface area contributed by atoms with E-state index in [9.17, 15) is 4.79 Å². The van der Waals surface area contributed by atoms with Crippen molar-refractivity contribution in [1.29, 1.82) is 0 Å². The Hall–Kier alpha value is -3.03. The first-order chi connectivity index (χ1) is 11.7. The number of rotatable bonds is 2. The first-order valence-electron chi connectivity index (χ1n) is 7.77. The zero-order chi connectivity index (χ0) is 16.5. The van der Waals surface area contributed by atoms with Crippen molar-refractivity contribution < 1.29 is 9.32 Å². The Balaban J connectivity index is 1.44. The molecule has 0 spiro atoms. The van der Waals surface area contributed by atoms with Crippen LogP contribution in [0.1, 0.15) is 24.1 Å². The normalized spacial score (nSPS) is 17.4. The van der Waals surface area contributed by atoms with E-state index in [-0.39, 0.29) is 11.9 Å². The molecular weight excluding hydrogens is 308 g/mol. The quantitative estimate of drug-likeness (QED) is 0.777. The molecule has 1 saturated heterocycles. The third kappa shape index (κ3) is 2.78. The minimum atomic E-state index is -0.192. The number of amides is 2. The number of urea groups is 1. The Labute approximate surface area is 137 Å². The van der Waals surface area contributed by atoms with Crippen molar-refractivity contribution >= 4 is 22.8 Å². The Kier molecular flexibility index (Phi) is 3.56. The summed E-state index contributed by atoms with van der Waals surface area (Å²) < 4.78 is 5.01. The summed E-state index contributed by atoms with van der Waals surface area (Å²) in [6.45, 7) is 2.96. The van der Waals surface area contributed by atoms with Crippen LogP contribution in [0.3, 0.4) is 0 Å². The maximum Gasteiger partial charge on any atom is 0.323 e. The number of aryl methyl sites for hydroxylation is 1. The van der Waals surface area contributed by atoms with E-state index in [4.69, 9.17) is 4.52 Å². The SMILES string of the molecule is Cc1nc(C2CCN(C(=O)Nc3cc4ccccc4nn3)C2)no1. The molecule has 1 fully saturated rings. The van der Waals surface area contributed by atoms with Gasteiger partial charge in [0.15, 0.2) is 11.6 Å². The lowest BCUT2D eigenvalue weighted by Gasteiger charge is -2.16. The van der Waals surface area contributed by atoms with Crippen LogP contribution in [0.4, 0.5) is 10.6 Å². The number of carbonyl (C=O) groups excluding carboxylic acids is 1. The van der Waals surface area contributed by atoms with Crippen molar-refractivity contribution in [1.82, 2.24) is 25.2 Å². The molecule has 0 radical (unpaired) electrons. The Morgan fingerprint density at radius 1 is 1.33 bits per heavy atom. The van der Waals surface area contributed by atoms with Gasteiger partial charge in [0.2, 0.25) is 5.89 Å². The number of hydrogen-bond donors (Lipinski definition) is 1. The minimum Gasteiger partial charge on any atom is -0.340 e. The topological polar surface area (TPSA) is 97.0 Å². The molecule has 2 aromatic heterocycles. The molecule has 3 heterocycles. The molecular formula is C16H16N6O2. The summed E-state index contributed by atoms with van der Waals surface area (Å²) in [6.07, 6.45) is 0.815. The van der Waals surface area contributed by atoms with Gasteiger partial charge in [-0.3, -0.25) is 5.32 Å². The van der Waals surface area contributed by atoms with E-state index in [2.05, 4.69) is 25.7 Å². The lowest BCUT2D eigenvalue weighted by atomic mass is 10.1. The molecule has 122 valence electrons. The van der Waals surface area contributed by atoms with Gasteiger partial charge in [-0.1, -0.05) is 23.4 Å². The molecule has 1 aliphatic rings. The summed E-state index contributed by atoms with van der Waals surface area (Å²) in [4.78, 5) is 18.4. The Morgan fingerprint density at radius 3 is 3.04 bits per heavy atom. The van der Waals surface area contributed by atoms with Gasteiger partial charge in [-0.25, -0.2) is 4.79 Å². The molecule has 4 rings (SSSR count). The minimum absolute atomic E-state index is 0.107. The zero-order valence-corrected chi connectivity index (χ0v) is 13.1. The summed E-state index contributed by atoms with van der Waals surface area (Å²) in [7, 11) is 0. The number of benzene rings is 1. The summed E-state index contributed by atoms with van der Waals surface area (Å²) in [5.74, 6) is 1.75. The Morgan fingerprint density at radius 2 is 2.21 bits per heavy atom. The van der Waals surface area contributed by atoms with Crippen LogP contribution in [0.2, 0.25) is 0 Å². The third-order valence-electron chi connectivity index (χ3n) is 4.11. The first-order valence-corrected chi connectivity index (χ1v) is 7.77. The molecule has 1 N–H and O–H groups in total. The fraction of sp³-hybridized carbons (Fsp3) is 0.312. The number of anilines is 1. The molecule has 0 bridgehead atoms. The highest BCUT2D eigenvalue weighted by Gasteiger charge is 2.30. The monoisotopic (exact) mass is 324 g/mol. The number of aromatic nitrogens is 4. The van der Waals surface area contributed by atoms with Crippen LogP contribution in [0.5, 0.6) is 0 Å². The van der Waals surface area contributed by atoms with Crippen molar-refractivity contribution in [3.8, 4) is 0 Å². The number of likely N-dealkylation sites (tertiary alicyclic amines) is 1. The fourth-order valence-electron chi connectivity index (χ4n) is 2.87. The number of nitrogens with one attached hydrogen (secondary N) is 1. The van der Waals surface area contributed by atoms with E-state index in [0.29, 0.717) is 30.6 Å². The summed E-state index contributed by atoms with van der Waals surface area (Å²) >= 11 is 0. The van der Waals surface area contributed by atoms with Crippen molar-refractivity contribution in [3.05, 3.63) is 42.0 Å². The molecule has 24 heavy (non-hydrogen) atoms. The van der Waals surface area contributed by atoms with Crippen LogP contribution < -0.4 is 5.32 Å². The standard InChI is InChI=1S/C16H16N6O2/c1-10-17-15(21-24-10)12-6-7-22(9-12)16(23)18-14-8-11-4-2-3-5-13(11)19-20-14/h2-5,8,12H,6-7,9H2,1H3,(H,18,20,23). The lowest BCUT2D eigenvalue weighted by molar-refractivity contribution is 0.221. The smallest absolute Gasteiger partial charge is 0.323 e. The van der Waals surface area contributed by atoms with Gasteiger partial charge >= 0.3 is 6.03 Å². The highest BCUT2D eigenvalue weighted by Crippen LogP contribution is 2.25. The number of nitrogens with zero attached hydrogens (tertiary/aromatic N) is 5. The van der Waals surface area contributed by atoms with Crippen molar-refractivity contribution in [2.24, 2.45) is 0 Å². The van der Waals surface area contributed by atoms with Crippen LogP contribution in [-0.2, 0) is 0 Å². The third-order valence-corrected chi connectivity index (χ3v) is 4.11. The summed E-state index contributed by atoms with van der Waals surface area (Å²) in [5.41, 5.74) is 0.796. The average molecular weight is 324 g/mol. The zero-order valence-electron chi connectivity index (χ0n) is 13.1. The van der Waals surface area contributed by atoms with Gasteiger partial charge in [-0.15, -0.1) is 10.2 Å². The average Bonchev–Trinajstić information content (AvgIpc) is 3.23. The maximum absolute atomic E-state index is 12.4. The molecule has 1 atom stereocenters. The van der Waals surface area contributed by atoms with Gasteiger partial charge in [0, 0.05) is 31.3 Å². The van der Waals surface area contributed by atoms with Crippen molar-refractivity contribution in [3.63, 3.8) is 0 Å². The van der Waals surface area contributed by atoms with Crippen molar-refractivity contribution in [2.45, 2.75) is 19.3 Å². The van der Waals surface area contributed by atoms with Crippen LogP contribution >= 0.6 is 0 Å². The largest absolute Gasteiger partial charge is 0.340 e. The number of hydrogen-bond acceptors (Lipinski definition) is 6. The predicted octanol–water partition coefficient (Wildman–Crippen LogP) is 2.34. The van der Waals surface area contributed by atoms with Gasteiger partial charge in [0.05, 0.1) is 5.52 Å². The van der Waals surface area contributed by atoms with E-state index < -0.39 is 0 Å². The van der Waals surface area contributed by atoms with Crippen LogP contribution in [0.25, 0.3) is 10.9 Å². The molecule has 1 unspecified atom stereocenters. The van der Waals surface area contributed by atoms with E-state index >= 15 is 0 Å². The molecule has 8 nitrogen and oxygen atoms in total. The highest BCUT2D eigenvalue weighted by molar-refractivity contribution is 5.90. The second-order valence-corrected chi connectivity index (χ2v) is 5.82. The molecule has 3 aromatic rings. The molecule has 0 aliphatic carbocycles. The molecule has 1 aromatic carbocycles. The summed E-state index contributed by atoms with van der Waals surface area (Å²) in [5, 5.41) is 15.8. The van der Waals surface area contributed by atoms with E-state index in [1.165, 1.54) is 0 Å². The molecule has 8 heteroatoms. The maximum atomic E-state index is 12.4. The number of fused-ring (bicyclic) bond motifs is 1. The van der Waals surface area contributed by atoms with E-state index in [1.807, 2.05) is 30.3 Å². The number of carbonyl (C=O) groups is 1. The summed E-state index contributed by atoms with van der Waals surface area (Å²) in [6, 6.07) is 9.27. The molecule has 2 amide bonds. The van der Waals surface area contributed by atoms with E-state index in [0.717, 1.165) is 17.3 Å². The van der Waals surface area contributed by atoms with Crippen molar-refractivity contribution in [2.75, 3.05) is 18.4 Å². The van der Waals surface area contributed by atoms with Gasteiger partial charge in [-0.05, 0) is 18.6 Å². The van der Waals surface area contributed by atoms with Gasteiger partial charge < -0.3 is 9.42 Å². The first kappa shape index (κ1) is 14.6. The van der Waals surface area contributed by atoms with Crippen LogP contribution in [0, 0.1) is 6.92 Å².